The summed E-state index contributed by atoms with van der Waals surface area (Å²) in [6, 6.07) is 10.6. The molecular formula is C19H20N2O3S. The average Bonchev–Trinajstić information content (AvgIpc) is 3.16. The summed E-state index contributed by atoms with van der Waals surface area (Å²) in [5, 5.41) is 4.74. The van der Waals surface area contributed by atoms with E-state index in [4.69, 9.17) is 0 Å². The molecule has 1 aromatic carbocycles. The third-order valence-electron chi connectivity index (χ3n) is 4.38. The summed E-state index contributed by atoms with van der Waals surface area (Å²) in [4.78, 5) is 39.3. The molecule has 1 aliphatic rings. The van der Waals surface area contributed by atoms with Crippen LogP contribution in [0, 0.1) is 5.92 Å². The Labute approximate surface area is 150 Å². The topological polar surface area (TPSA) is 66.5 Å². The highest BCUT2D eigenvalue weighted by molar-refractivity contribution is 7.12. The monoisotopic (exact) mass is 356 g/mol. The maximum Gasteiger partial charge on any atom is 0.263 e. The number of para-hydroxylation sites is 1. The van der Waals surface area contributed by atoms with Crippen LogP contribution in [-0.2, 0) is 4.79 Å². The largest absolute Gasteiger partial charge is 0.337 e. The van der Waals surface area contributed by atoms with Crippen molar-refractivity contribution in [1.29, 1.82) is 0 Å². The van der Waals surface area contributed by atoms with Crippen molar-refractivity contribution < 1.29 is 14.4 Å². The SMILES string of the molecule is CC(=O)c1ccccc1NC(=O)[C@H]1CCCN(C(=O)c2cccs2)C1. The molecule has 0 unspecified atom stereocenters. The van der Waals surface area contributed by atoms with Gasteiger partial charge in [0.15, 0.2) is 5.78 Å². The number of nitrogens with zero attached hydrogens (tertiary/aromatic N) is 1. The summed E-state index contributed by atoms with van der Waals surface area (Å²) in [7, 11) is 0. The van der Waals surface area contributed by atoms with Gasteiger partial charge in [0, 0.05) is 18.7 Å². The van der Waals surface area contributed by atoms with Crippen molar-refractivity contribution in [2.75, 3.05) is 18.4 Å². The molecule has 1 aromatic heterocycles. The van der Waals surface area contributed by atoms with Crippen LogP contribution in [0.1, 0.15) is 39.8 Å². The van der Waals surface area contributed by atoms with E-state index < -0.39 is 0 Å². The van der Waals surface area contributed by atoms with Crippen LogP contribution in [0.15, 0.2) is 41.8 Å². The van der Waals surface area contributed by atoms with Gasteiger partial charge in [-0.1, -0.05) is 18.2 Å². The molecule has 0 radical (unpaired) electrons. The number of piperidine rings is 1. The van der Waals surface area contributed by atoms with E-state index in [0.717, 1.165) is 12.8 Å². The van der Waals surface area contributed by atoms with Crippen LogP contribution in [-0.4, -0.2) is 35.6 Å². The van der Waals surface area contributed by atoms with E-state index in [2.05, 4.69) is 5.32 Å². The first-order valence-electron chi connectivity index (χ1n) is 8.30. The van der Waals surface area contributed by atoms with Crippen molar-refractivity contribution in [2.24, 2.45) is 5.92 Å². The molecule has 0 spiro atoms. The second-order valence-corrected chi connectivity index (χ2v) is 7.11. The number of anilines is 1. The number of Topliss-reactive ketones (excluding diaryl/α,β-unsaturated/α-hetero) is 1. The summed E-state index contributed by atoms with van der Waals surface area (Å²) in [5.41, 5.74) is 1.03. The number of benzene rings is 1. The molecule has 0 aliphatic carbocycles. The predicted octanol–water partition coefficient (Wildman–Crippen LogP) is 3.44. The summed E-state index contributed by atoms with van der Waals surface area (Å²) < 4.78 is 0. The van der Waals surface area contributed by atoms with Gasteiger partial charge in [0.2, 0.25) is 5.91 Å². The van der Waals surface area contributed by atoms with E-state index in [1.807, 2.05) is 11.4 Å². The summed E-state index contributed by atoms with van der Waals surface area (Å²) in [5.74, 6) is -0.513. The third-order valence-corrected chi connectivity index (χ3v) is 5.23. The Bertz CT molecular complexity index is 786. The minimum Gasteiger partial charge on any atom is -0.337 e. The Morgan fingerprint density at radius 1 is 1.16 bits per heavy atom. The molecule has 6 heteroatoms. The maximum absolute atomic E-state index is 12.6. The molecule has 25 heavy (non-hydrogen) atoms. The van der Waals surface area contributed by atoms with E-state index in [-0.39, 0.29) is 23.5 Å². The minimum absolute atomic E-state index is 0.0170. The van der Waals surface area contributed by atoms with Crippen molar-refractivity contribution in [1.82, 2.24) is 4.90 Å². The second-order valence-electron chi connectivity index (χ2n) is 6.16. The summed E-state index contributed by atoms with van der Waals surface area (Å²) >= 11 is 1.41. The quantitative estimate of drug-likeness (QED) is 0.854. The van der Waals surface area contributed by atoms with Gasteiger partial charge in [-0.25, -0.2) is 0 Å². The van der Waals surface area contributed by atoms with Gasteiger partial charge in [-0.2, -0.15) is 0 Å². The molecule has 1 saturated heterocycles. The predicted molar refractivity (Wildman–Crippen MR) is 98.0 cm³/mol. The highest BCUT2D eigenvalue weighted by Gasteiger charge is 2.29. The van der Waals surface area contributed by atoms with E-state index >= 15 is 0 Å². The zero-order valence-electron chi connectivity index (χ0n) is 14.0. The number of amides is 2. The van der Waals surface area contributed by atoms with Crippen LogP contribution in [0.5, 0.6) is 0 Å². The highest BCUT2D eigenvalue weighted by atomic mass is 32.1. The molecule has 130 valence electrons. The lowest BCUT2D eigenvalue weighted by molar-refractivity contribution is -0.121. The van der Waals surface area contributed by atoms with E-state index in [1.165, 1.54) is 18.3 Å². The Morgan fingerprint density at radius 2 is 1.96 bits per heavy atom. The van der Waals surface area contributed by atoms with E-state index in [1.54, 1.807) is 35.2 Å². The lowest BCUT2D eigenvalue weighted by Crippen LogP contribution is -2.43. The summed E-state index contributed by atoms with van der Waals surface area (Å²) in [6.07, 6.45) is 1.53. The maximum atomic E-state index is 12.6. The van der Waals surface area contributed by atoms with Gasteiger partial charge < -0.3 is 10.2 Å². The molecule has 1 atom stereocenters. The fourth-order valence-electron chi connectivity index (χ4n) is 3.07. The van der Waals surface area contributed by atoms with Crippen molar-refractivity contribution in [2.45, 2.75) is 19.8 Å². The number of carbonyl (C=O) groups is 3. The van der Waals surface area contributed by atoms with Crippen LogP contribution >= 0.6 is 11.3 Å². The normalized spacial score (nSPS) is 17.2. The van der Waals surface area contributed by atoms with Gasteiger partial charge in [0.25, 0.3) is 5.91 Å². The van der Waals surface area contributed by atoms with Gasteiger partial charge >= 0.3 is 0 Å². The number of carbonyl (C=O) groups excluding carboxylic acids is 3. The van der Waals surface area contributed by atoms with E-state index in [0.29, 0.717) is 29.2 Å². The minimum atomic E-state index is -0.266. The molecular weight excluding hydrogens is 336 g/mol. The highest BCUT2D eigenvalue weighted by Crippen LogP contribution is 2.23. The van der Waals surface area contributed by atoms with Gasteiger partial charge in [-0.3, -0.25) is 14.4 Å². The van der Waals surface area contributed by atoms with Crippen molar-refractivity contribution in [3.8, 4) is 0 Å². The van der Waals surface area contributed by atoms with Gasteiger partial charge in [0.1, 0.15) is 0 Å². The van der Waals surface area contributed by atoms with Crippen LogP contribution in [0.25, 0.3) is 0 Å². The first-order valence-corrected chi connectivity index (χ1v) is 9.18. The van der Waals surface area contributed by atoms with Crippen LogP contribution in [0.4, 0.5) is 5.69 Å². The molecule has 2 aromatic rings. The number of nitrogens with one attached hydrogen (secondary N) is 1. The first kappa shape index (κ1) is 17.4. The lowest BCUT2D eigenvalue weighted by Gasteiger charge is -2.31. The third kappa shape index (κ3) is 3.96. The number of hydrogen-bond donors (Lipinski definition) is 1. The zero-order chi connectivity index (χ0) is 17.8. The molecule has 1 N–H and O–H groups in total. The number of hydrogen-bond acceptors (Lipinski definition) is 4. The molecule has 2 amide bonds. The number of thiophene rings is 1. The number of ketones is 1. The zero-order valence-corrected chi connectivity index (χ0v) is 14.8. The molecule has 0 saturated carbocycles. The Balaban J connectivity index is 1.68. The van der Waals surface area contributed by atoms with Crippen molar-refractivity contribution >= 4 is 34.6 Å². The van der Waals surface area contributed by atoms with Gasteiger partial charge in [-0.05, 0) is 43.3 Å². The van der Waals surface area contributed by atoms with Crippen molar-refractivity contribution in [3.05, 3.63) is 52.2 Å². The molecule has 5 nitrogen and oxygen atoms in total. The Kier molecular flexibility index (Phi) is 5.28. The molecule has 2 heterocycles. The molecule has 1 aliphatic heterocycles. The van der Waals surface area contributed by atoms with Crippen LogP contribution in [0.3, 0.4) is 0 Å². The van der Waals surface area contributed by atoms with Crippen LogP contribution in [0.2, 0.25) is 0 Å². The Morgan fingerprint density at radius 3 is 2.68 bits per heavy atom. The second kappa shape index (κ2) is 7.61. The van der Waals surface area contributed by atoms with Gasteiger partial charge in [0.05, 0.1) is 16.5 Å². The van der Waals surface area contributed by atoms with Crippen LogP contribution < -0.4 is 5.32 Å². The lowest BCUT2D eigenvalue weighted by atomic mass is 9.96. The first-order chi connectivity index (χ1) is 12.1. The smallest absolute Gasteiger partial charge is 0.263 e. The molecule has 0 bridgehead atoms. The van der Waals surface area contributed by atoms with E-state index in [9.17, 15) is 14.4 Å². The van der Waals surface area contributed by atoms with Gasteiger partial charge in [-0.15, -0.1) is 11.3 Å². The molecule has 3 rings (SSSR count). The average molecular weight is 356 g/mol. The summed E-state index contributed by atoms with van der Waals surface area (Å²) in [6.45, 7) is 2.56. The fraction of sp³-hybridized carbons (Fsp3) is 0.316. The molecule has 1 fully saturated rings. The van der Waals surface area contributed by atoms with Crippen molar-refractivity contribution in [3.63, 3.8) is 0 Å². The Hall–Kier alpha value is -2.47. The fourth-order valence-corrected chi connectivity index (χ4v) is 3.76. The number of likely N-dealkylation sites (tertiary alicyclic amines) is 1. The standard InChI is InChI=1S/C19H20N2O3S/c1-13(22)15-7-2-3-8-16(15)20-18(23)14-6-4-10-21(12-14)19(24)17-9-5-11-25-17/h2-3,5,7-9,11,14H,4,6,10,12H2,1H3,(H,20,23)/t14-/m0/s1. The number of rotatable bonds is 4.